The van der Waals surface area contributed by atoms with Crippen LogP contribution in [0.5, 0.6) is 0 Å². The van der Waals surface area contributed by atoms with E-state index in [0.717, 1.165) is 0 Å². The lowest BCUT2D eigenvalue weighted by atomic mass is 10.2. The number of hydrogen-bond acceptors (Lipinski definition) is 3. The Kier molecular flexibility index (Phi) is 3.69. The zero-order valence-corrected chi connectivity index (χ0v) is 10.7. The summed E-state index contributed by atoms with van der Waals surface area (Å²) in [6, 6.07) is 7.88. The third-order valence-corrected chi connectivity index (χ3v) is 2.76. The standard InChI is InChI=1S/C12H9Cl2N3O/c13-7-1-2-9(14)10(5-7)17-12(18)11-6-8(15)3-4-16-11/h1-6H,(H2,15,16)(H,17,18). The van der Waals surface area contributed by atoms with Gasteiger partial charge in [0.05, 0.1) is 10.7 Å². The smallest absolute Gasteiger partial charge is 0.274 e. The molecule has 1 heterocycles. The van der Waals surface area contributed by atoms with Crippen molar-refractivity contribution in [1.29, 1.82) is 0 Å². The van der Waals surface area contributed by atoms with E-state index in [1.807, 2.05) is 0 Å². The highest BCUT2D eigenvalue weighted by molar-refractivity contribution is 6.35. The fourth-order valence-corrected chi connectivity index (χ4v) is 1.69. The number of rotatable bonds is 2. The molecule has 0 spiro atoms. The van der Waals surface area contributed by atoms with Crippen molar-refractivity contribution in [3.8, 4) is 0 Å². The first-order valence-corrected chi connectivity index (χ1v) is 5.80. The average Bonchev–Trinajstić information content (AvgIpc) is 2.34. The predicted molar refractivity (Wildman–Crippen MR) is 73.1 cm³/mol. The van der Waals surface area contributed by atoms with Crippen molar-refractivity contribution in [2.24, 2.45) is 0 Å². The zero-order chi connectivity index (χ0) is 13.1. The fraction of sp³-hybridized carbons (Fsp3) is 0. The summed E-state index contributed by atoms with van der Waals surface area (Å²) in [4.78, 5) is 15.8. The number of aromatic nitrogens is 1. The number of anilines is 2. The lowest BCUT2D eigenvalue weighted by molar-refractivity contribution is 0.102. The van der Waals surface area contributed by atoms with E-state index in [2.05, 4.69) is 10.3 Å². The lowest BCUT2D eigenvalue weighted by Crippen LogP contribution is -2.14. The van der Waals surface area contributed by atoms with E-state index in [1.54, 1.807) is 24.3 Å². The molecule has 0 aliphatic carbocycles. The Labute approximate surface area is 114 Å². The number of nitrogens with one attached hydrogen (secondary N) is 1. The second-order valence-electron chi connectivity index (χ2n) is 3.55. The summed E-state index contributed by atoms with van der Waals surface area (Å²) >= 11 is 11.8. The van der Waals surface area contributed by atoms with Crippen LogP contribution in [0.1, 0.15) is 10.5 Å². The van der Waals surface area contributed by atoms with Crippen LogP contribution in [-0.4, -0.2) is 10.9 Å². The van der Waals surface area contributed by atoms with Crippen LogP contribution in [0, 0.1) is 0 Å². The second kappa shape index (κ2) is 5.25. The maximum Gasteiger partial charge on any atom is 0.274 e. The molecule has 0 aliphatic rings. The van der Waals surface area contributed by atoms with Crippen LogP contribution < -0.4 is 11.1 Å². The van der Waals surface area contributed by atoms with Gasteiger partial charge >= 0.3 is 0 Å². The highest BCUT2D eigenvalue weighted by Crippen LogP contribution is 2.25. The molecule has 0 saturated heterocycles. The summed E-state index contributed by atoms with van der Waals surface area (Å²) in [6.45, 7) is 0. The van der Waals surface area contributed by atoms with Crippen LogP contribution in [0.4, 0.5) is 11.4 Å². The van der Waals surface area contributed by atoms with Crippen molar-refractivity contribution < 1.29 is 4.79 Å². The molecule has 0 radical (unpaired) electrons. The zero-order valence-electron chi connectivity index (χ0n) is 9.15. The molecule has 0 unspecified atom stereocenters. The largest absolute Gasteiger partial charge is 0.399 e. The molecule has 0 atom stereocenters. The highest BCUT2D eigenvalue weighted by atomic mass is 35.5. The molecule has 6 heteroatoms. The molecule has 0 bridgehead atoms. The predicted octanol–water partition coefficient (Wildman–Crippen LogP) is 3.22. The lowest BCUT2D eigenvalue weighted by Gasteiger charge is -2.07. The molecule has 0 aliphatic heterocycles. The third kappa shape index (κ3) is 2.91. The van der Waals surface area contributed by atoms with Gasteiger partial charge in [0, 0.05) is 16.9 Å². The quantitative estimate of drug-likeness (QED) is 0.888. The molecule has 18 heavy (non-hydrogen) atoms. The van der Waals surface area contributed by atoms with Crippen molar-refractivity contribution in [2.45, 2.75) is 0 Å². The van der Waals surface area contributed by atoms with Crippen LogP contribution in [0.3, 0.4) is 0 Å². The summed E-state index contributed by atoms with van der Waals surface area (Å²) in [5, 5.41) is 3.50. The maximum atomic E-state index is 11.9. The number of halogens is 2. The van der Waals surface area contributed by atoms with Crippen LogP contribution in [-0.2, 0) is 0 Å². The second-order valence-corrected chi connectivity index (χ2v) is 4.40. The molecule has 4 nitrogen and oxygen atoms in total. The van der Waals surface area contributed by atoms with Gasteiger partial charge in [0.2, 0.25) is 0 Å². The molecule has 0 fully saturated rings. The minimum absolute atomic E-state index is 0.214. The van der Waals surface area contributed by atoms with Crippen LogP contribution in [0.2, 0.25) is 10.0 Å². The van der Waals surface area contributed by atoms with Gasteiger partial charge in [-0.2, -0.15) is 0 Å². The molecule has 1 aromatic heterocycles. The Hall–Kier alpha value is -1.78. The molecule has 1 aromatic carbocycles. The summed E-state index contributed by atoms with van der Waals surface area (Å²) < 4.78 is 0. The molecular weight excluding hydrogens is 273 g/mol. The molecule has 2 aromatic rings. The first kappa shape index (κ1) is 12.7. The number of benzene rings is 1. The van der Waals surface area contributed by atoms with Gasteiger partial charge < -0.3 is 11.1 Å². The van der Waals surface area contributed by atoms with E-state index in [1.165, 1.54) is 12.3 Å². The number of amides is 1. The number of carbonyl (C=O) groups is 1. The first-order chi connectivity index (χ1) is 8.56. The van der Waals surface area contributed by atoms with Gasteiger partial charge in [-0.05, 0) is 30.3 Å². The SMILES string of the molecule is Nc1ccnc(C(=O)Nc2cc(Cl)ccc2Cl)c1. The molecule has 1 amide bonds. The van der Waals surface area contributed by atoms with E-state index >= 15 is 0 Å². The Bertz CT molecular complexity index is 602. The van der Waals surface area contributed by atoms with Gasteiger partial charge in [-0.15, -0.1) is 0 Å². The first-order valence-electron chi connectivity index (χ1n) is 5.04. The molecule has 0 saturated carbocycles. The number of nitrogens with zero attached hydrogens (tertiary/aromatic N) is 1. The third-order valence-electron chi connectivity index (χ3n) is 2.19. The van der Waals surface area contributed by atoms with Gasteiger partial charge in [-0.25, -0.2) is 0 Å². The Morgan fingerprint density at radius 2 is 2.00 bits per heavy atom. The van der Waals surface area contributed by atoms with Crippen LogP contribution in [0.25, 0.3) is 0 Å². The average molecular weight is 282 g/mol. The summed E-state index contributed by atoms with van der Waals surface area (Å²) in [7, 11) is 0. The Morgan fingerprint density at radius 1 is 1.22 bits per heavy atom. The highest BCUT2D eigenvalue weighted by Gasteiger charge is 2.10. The van der Waals surface area contributed by atoms with Crippen molar-refractivity contribution in [2.75, 3.05) is 11.1 Å². The van der Waals surface area contributed by atoms with Gasteiger partial charge in [-0.3, -0.25) is 9.78 Å². The molecule has 92 valence electrons. The molecule has 3 N–H and O–H groups in total. The van der Waals surface area contributed by atoms with E-state index in [9.17, 15) is 4.79 Å². The van der Waals surface area contributed by atoms with Crippen LogP contribution >= 0.6 is 23.2 Å². The Balaban J connectivity index is 2.24. The van der Waals surface area contributed by atoms with Crippen molar-refractivity contribution in [3.05, 3.63) is 52.3 Å². The number of nitrogens with two attached hydrogens (primary N) is 1. The van der Waals surface area contributed by atoms with Gasteiger partial charge in [0.15, 0.2) is 0 Å². The van der Waals surface area contributed by atoms with Gasteiger partial charge in [0.1, 0.15) is 5.69 Å². The summed E-state index contributed by atoms with van der Waals surface area (Å²) in [6.07, 6.45) is 1.46. The van der Waals surface area contributed by atoms with E-state index in [0.29, 0.717) is 21.4 Å². The van der Waals surface area contributed by atoms with Crippen molar-refractivity contribution in [3.63, 3.8) is 0 Å². The molecular formula is C12H9Cl2N3O. The number of nitrogen functional groups attached to an aromatic ring is 1. The van der Waals surface area contributed by atoms with Crippen molar-refractivity contribution in [1.82, 2.24) is 4.98 Å². The monoisotopic (exact) mass is 281 g/mol. The van der Waals surface area contributed by atoms with E-state index in [4.69, 9.17) is 28.9 Å². The van der Waals surface area contributed by atoms with Gasteiger partial charge in [0.25, 0.3) is 5.91 Å². The number of hydrogen-bond donors (Lipinski definition) is 2. The summed E-state index contributed by atoms with van der Waals surface area (Å²) in [5.74, 6) is -0.397. The Morgan fingerprint density at radius 3 is 2.72 bits per heavy atom. The number of pyridine rings is 1. The minimum Gasteiger partial charge on any atom is -0.399 e. The topological polar surface area (TPSA) is 68.0 Å². The van der Waals surface area contributed by atoms with E-state index in [-0.39, 0.29) is 5.69 Å². The summed E-state index contributed by atoms with van der Waals surface area (Å²) in [5.41, 5.74) is 6.68. The molecule has 2 rings (SSSR count). The van der Waals surface area contributed by atoms with Crippen LogP contribution in [0.15, 0.2) is 36.5 Å². The van der Waals surface area contributed by atoms with Crippen molar-refractivity contribution >= 4 is 40.5 Å². The maximum absolute atomic E-state index is 11.9. The normalized spacial score (nSPS) is 10.1. The minimum atomic E-state index is -0.397. The van der Waals surface area contributed by atoms with Gasteiger partial charge in [-0.1, -0.05) is 23.2 Å². The van der Waals surface area contributed by atoms with E-state index < -0.39 is 5.91 Å². The fourth-order valence-electron chi connectivity index (χ4n) is 1.35. The number of carbonyl (C=O) groups excluding carboxylic acids is 1.